The number of likely N-dealkylation sites (tertiary alicyclic amines) is 1. The van der Waals surface area contributed by atoms with Gasteiger partial charge in [0.25, 0.3) is 0 Å². The first kappa shape index (κ1) is 19.9. The Balaban J connectivity index is 1.38. The molecule has 0 spiro atoms. The number of aromatic nitrogens is 1. The van der Waals surface area contributed by atoms with Crippen LogP contribution in [0.2, 0.25) is 0 Å². The van der Waals surface area contributed by atoms with Gasteiger partial charge in [0.15, 0.2) is 5.58 Å². The summed E-state index contributed by atoms with van der Waals surface area (Å²) in [6.07, 6.45) is 1.88. The summed E-state index contributed by atoms with van der Waals surface area (Å²) in [7, 11) is 0. The van der Waals surface area contributed by atoms with E-state index in [0.717, 1.165) is 24.9 Å². The van der Waals surface area contributed by atoms with Crippen molar-refractivity contribution in [3.63, 3.8) is 0 Å². The number of nitrogens with one attached hydrogen (secondary N) is 1. The Labute approximate surface area is 173 Å². The van der Waals surface area contributed by atoms with Gasteiger partial charge in [0.2, 0.25) is 11.8 Å². The molecule has 1 aromatic heterocycles. The van der Waals surface area contributed by atoms with Crippen molar-refractivity contribution in [2.75, 3.05) is 11.9 Å². The van der Waals surface area contributed by atoms with E-state index in [0.29, 0.717) is 23.3 Å². The topological polar surface area (TPSA) is 111 Å². The van der Waals surface area contributed by atoms with Gasteiger partial charge in [0, 0.05) is 25.2 Å². The number of para-hydroxylation sites is 2. The van der Waals surface area contributed by atoms with Crippen molar-refractivity contribution in [3.05, 3.63) is 64.6 Å². The molecule has 30 heavy (non-hydrogen) atoms. The fourth-order valence-corrected chi connectivity index (χ4v) is 3.98. The molecule has 3 N–H and O–H groups in total. The largest absolute Gasteiger partial charge is 0.419 e. The Morgan fingerprint density at radius 2 is 2.00 bits per heavy atom. The van der Waals surface area contributed by atoms with Crippen molar-refractivity contribution in [3.8, 4) is 0 Å². The number of carbonyl (C=O) groups excluding carboxylic acids is 2. The van der Waals surface area contributed by atoms with Crippen LogP contribution < -0.4 is 16.8 Å². The van der Waals surface area contributed by atoms with Gasteiger partial charge in [-0.15, -0.1) is 0 Å². The normalized spacial score (nSPS) is 16.7. The summed E-state index contributed by atoms with van der Waals surface area (Å²) in [4.78, 5) is 38.1. The first-order valence-electron chi connectivity index (χ1n) is 10.0. The van der Waals surface area contributed by atoms with Crippen LogP contribution >= 0.6 is 0 Å². The quantitative estimate of drug-likeness (QED) is 0.622. The predicted molar refractivity (Wildman–Crippen MR) is 113 cm³/mol. The van der Waals surface area contributed by atoms with Crippen LogP contribution in [0.1, 0.15) is 24.8 Å². The SMILES string of the molecule is NC(=O)C1CCCN1Cc1cccc(NC(=O)CCn2c(=O)oc3ccccc32)c1. The molecule has 2 amide bonds. The van der Waals surface area contributed by atoms with Crippen molar-refractivity contribution in [2.24, 2.45) is 5.73 Å². The van der Waals surface area contributed by atoms with Crippen LogP contribution in [0.25, 0.3) is 11.1 Å². The number of nitrogens with zero attached hydrogens (tertiary/aromatic N) is 2. The van der Waals surface area contributed by atoms with Crippen LogP contribution in [0.4, 0.5) is 5.69 Å². The smallest absolute Gasteiger partial charge is 0.408 e. The van der Waals surface area contributed by atoms with Crippen molar-refractivity contribution >= 4 is 28.6 Å². The molecule has 0 radical (unpaired) electrons. The average Bonchev–Trinajstić information content (AvgIpc) is 3.30. The summed E-state index contributed by atoms with van der Waals surface area (Å²) in [6, 6.07) is 14.4. The highest BCUT2D eigenvalue weighted by atomic mass is 16.4. The van der Waals surface area contributed by atoms with Gasteiger partial charge in [0.05, 0.1) is 11.6 Å². The molecule has 1 unspecified atom stereocenters. The second-order valence-corrected chi connectivity index (χ2v) is 7.52. The molecule has 1 saturated heterocycles. The van der Waals surface area contributed by atoms with Crippen molar-refractivity contribution in [1.29, 1.82) is 0 Å². The highest BCUT2D eigenvalue weighted by Gasteiger charge is 2.28. The van der Waals surface area contributed by atoms with E-state index in [9.17, 15) is 14.4 Å². The number of oxazole rings is 1. The maximum atomic E-state index is 12.4. The summed E-state index contributed by atoms with van der Waals surface area (Å²) in [6.45, 7) is 1.67. The lowest BCUT2D eigenvalue weighted by Crippen LogP contribution is -2.39. The van der Waals surface area contributed by atoms with E-state index in [1.807, 2.05) is 30.3 Å². The molecule has 1 fully saturated rings. The maximum absolute atomic E-state index is 12.4. The van der Waals surface area contributed by atoms with Gasteiger partial charge in [-0.2, -0.15) is 0 Å². The van der Waals surface area contributed by atoms with E-state index < -0.39 is 5.76 Å². The molecule has 156 valence electrons. The zero-order valence-corrected chi connectivity index (χ0v) is 16.5. The molecule has 2 heterocycles. The molecule has 3 aromatic rings. The van der Waals surface area contributed by atoms with E-state index in [1.165, 1.54) is 4.57 Å². The second-order valence-electron chi connectivity index (χ2n) is 7.52. The third kappa shape index (κ3) is 4.28. The molecule has 1 aliphatic rings. The summed E-state index contributed by atoms with van der Waals surface area (Å²) in [5.41, 5.74) is 8.34. The Morgan fingerprint density at radius 1 is 1.17 bits per heavy atom. The summed E-state index contributed by atoms with van der Waals surface area (Å²) in [5.74, 6) is -0.958. The summed E-state index contributed by atoms with van der Waals surface area (Å²) in [5, 5.41) is 2.88. The number of aryl methyl sites for hydroxylation is 1. The molecular weight excluding hydrogens is 384 g/mol. The van der Waals surface area contributed by atoms with Crippen molar-refractivity contribution < 1.29 is 14.0 Å². The zero-order chi connectivity index (χ0) is 21.1. The zero-order valence-electron chi connectivity index (χ0n) is 16.5. The Kier molecular flexibility index (Phi) is 5.67. The first-order chi connectivity index (χ1) is 14.5. The number of anilines is 1. The number of primary amides is 1. The lowest BCUT2D eigenvalue weighted by Gasteiger charge is -2.22. The lowest BCUT2D eigenvalue weighted by molar-refractivity contribution is -0.122. The number of amides is 2. The number of benzene rings is 2. The molecule has 8 heteroatoms. The third-order valence-corrected chi connectivity index (χ3v) is 5.42. The van der Waals surface area contributed by atoms with Gasteiger partial charge in [-0.25, -0.2) is 4.79 Å². The molecule has 8 nitrogen and oxygen atoms in total. The molecule has 0 saturated carbocycles. The summed E-state index contributed by atoms with van der Waals surface area (Å²) >= 11 is 0. The van der Waals surface area contributed by atoms with Gasteiger partial charge < -0.3 is 15.5 Å². The molecular formula is C22H24N4O4. The van der Waals surface area contributed by atoms with Crippen LogP contribution in [0.3, 0.4) is 0 Å². The number of hydrogen-bond donors (Lipinski definition) is 2. The van der Waals surface area contributed by atoms with E-state index in [-0.39, 0.29) is 30.8 Å². The predicted octanol–water partition coefficient (Wildman–Crippen LogP) is 2.07. The Bertz CT molecular complexity index is 1130. The molecule has 4 rings (SSSR count). The van der Waals surface area contributed by atoms with Gasteiger partial charge in [0.1, 0.15) is 0 Å². The molecule has 0 aliphatic carbocycles. The molecule has 1 atom stereocenters. The number of nitrogens with two attached hydrogens (primary N) is 1. The van der Waals surface area contributed by atoms with Gasteiger partial charge in [-0.05, 0) is 49.2 Å². The van der Waals surface area contributed by atoms with E-state index in [2.05, 4.69) is 10.2 Å². The number of fused-ring (bicyclic) bond motifs is 1. The third-order valence-electron chi connectivity index (χ3n) is 5.42. The molecule has 0 bridgehead atoms. The van der Waals surface area contributed by atoms with Crippen LogP contribution in [0.15, 0.2) is 57.7 Å². The number of carbonyl (C=O) groups is 2. The Morgan fingerprint density at radius 3 is 2.83 bits per heavy atom. The number of rotatable bonds is 7. The van der Waals surface area contributed by atoms with Gasteiger partial charge in [-0.3, -0.25) is 19.1 Å². The van der Waals surface area contributed by atoms with Crippen LogP contribution in [0.5, 0.6) is 0 Å². The second kappa shape index (κ2) is 8.54. The Hall–Kier alpha value is -3.39. The van der Waals surface area contributed by atoms with E-state index in [4.69, 9.17) is 10.2 Å². The lowest BCUT2D eigenvalue weighted by atomic mass is 10.1. The standard InChI is InChI=1S/C22H24N4O4/c23-21(28)18-8-4-11-25(18)14-15-5-3-6-16(13-15)24-20(27)10-12-26-17-7-1-2-9-19(17)30-22(26)29/h1-3,5-7,9,13,18H,4,8,10-12,14H2,(H2,23,28)(H,24,27). The minimum atomic E-state index is -0.472. The highest BCUT2D eigenvalue weighted by molar-refractivity contribution is 5.90. The van der Waals surface area contributed by atoms with Gasteiger partial charge >= 0.3 is 5.76 Å². The monoisotopic (exact) mass is 408 g/mol. The molecule has 2 aromatic carbocycles. The average molecular weight is 408 g/mol. The van der Waals surface area contributed by atoms with Crippen molar-refractivity contribution in [1.82, 2.24) is 9.47 Å². The fourth-order valence-electron chi connectivity index (χ4n) is 3.98. The van der Waals surface area contributed by atoms with Gasteiger partial charge in [-0.1, -0.05) is 24.3 Å². The fraction of sp³-hybridized carbons (Fsp3) is 0.318. The minimum absolute atomic E-state index is 0.142. The molecule has 1 aliphatic heterocycles. The maximum Gasteiger partial charge on any atom is 0.419 e. The number of hydrogen-bond acceptors (Lipinski definition) is 5. The summed E-state index contributed by atoms with van der Waals surface area (Å²) < 4.78 is 6.65. The first-order valence-corrected chi connectivity index (χ1v) is 10.0. The van der Waals surface area contributed by atoms with E-state index in [1.54, 1.807) is 18.2 Å². The van der Waals surface area contributed by atoms with Crippen LogP contribution in [-0.2, 0) is 22.7 Å². The van der Waals surface area contributed by atoms with Crippen LogP contribution in [-0.4, -0.2) is 33.9 Å². The van der Waals surface area contributed by atoms with Crippen molar-refractivity contribution in [2.45, 2.75) is 38.4 Å². The minimum Gasteiger partial charge on any atom is -0.408 e. The van der Waals surface area contributed by atoms with E-state index >= 15 is 0 Å². The van der Waals surface area contributed by atoms with Crippen LogP contribution in [0, 0.1) is 0 Å². The highest BCUT2D eigenvalue weighted by Crippen LogP contribution is 2.21.